The van der Waals surface area contributed by atoms with Crippen LogP contribution in [0.3, 0.4) is 0 Å². The van der Waals surface area contributed by atoms with Crippen molar-refractivity contribution in [3.8, 4) is 0 Å². The van der Waals surface area contributed by atoms with E-state index in [0.29, 0.717) is 5.52 Å². The number of aromatic nitrogens is 2. The lowest BCUT2D eigenvalue weighted by atomic mass is 10.3. The van der Waals surface area contributed by atoms with E-state index in [-0.39, 0.29) is 5.16 Å². The molecule has 0 aliphatic carbocycles. The van der Waals surface area contributed by atoms with Crippen molar-refractivity contribution in [2.75, 3.05) is 0 Å². The van der Waals surface area contributed by atoms with Gasteiger partial charge in [-0.3, -0.25) is 4.55 Å². The van der Waals surface area contributed by atoms with Gasteiger partial charge in [-0.05, 0) is 12.1 Å². The van der Waals surface area contributed by atoms with Crippen molar-refractivity contribution in [2.45, 2.75) is 5.16 Å². The van der Waals surface area contributed by atoms with Crippen LogP contribution >= 0.6 is 0 Å². The van der Waals surface area contributed by atoms with Gasteiger partial charge in [0.05, 0.1) is 11.0 Å². The summed E-state index contributed by atoms with van der Waals surface area (Å²) in [5, 5.41) is 0.0937. The molecule has 1 aromatic heterocycles. The zero-order valence-corrected chi connectivity index (χ0v) is 6.84. The third kappa shape index (κ3) is 1.13. The van der Waals surface area contributed by atoms with E-state index in [4.69, 9.17) is 4.55 Å². The minimum absolute atomic E-state index is 0.0937. The number of nitrogens with one attached hydrogen (secondary N) is 1. The number of H-pyrrole nitrogens is 1. The first-order valence-corrected chi connectivity index (χ1v) is 4.43. The van der Waals surface area contributed by atoms with Gasteiger partial charge in [0.15, 0.2) is 0 Å². The number of benzene rings is 1. The van der Waals surface area contributed by atoms with Crippen LogP contribution in [0.15, 0.2) is 29.4 Å². The van der Waals surface area contributed by atoms with Gasteiger partial charge < -0.3 is 4.98 Å². The molecule has 0 spiro atoms. The summed E-state index contributed by atoms with van der Waals surface area (Å²) in [4.78, 5) is 6.64. The fourth-order valence-electron chi connectivity index (χ4n) is 1.01. The summed E-state index contributed by atoms with van der Waals surface area (Å²) in [6.45, 7) is 0. The molecule has 5 heteroatoms. The van der Waals surface area contributed by atoms with Crippen LogP contribution in [0.5, 0.6) is 0 Å². The number of para-hydroxylation sites is 2. The fraction of sp³-hybridized carbons (Fsp3) is 0. The molecule has 0 saturated heterocycles. The Labute approximate surface area is 70.9 Å². The molecule has 1 atom stereocenters. The Morgan fingerprint density at radius 1 is 1.42 bits per heavy atom. The first-order valence-electron chi connectivity index (χ1n) is 3.33. The van der Waals surface area contributed by atoms with E-state index in [2.05, 4.69) is 9.97 Å². The van der Waals surface area contributed by atoms with Crippen molar-refractivity contribution in [3.63, 3.8) is 0 Å². The lowest BCUT2D eigenvalue weighted by Crippen LogP contribution is -1.89. The molecule has 0 radical (unpaired) electrons. The van der Waals surface area contributed by atoms with Gasteiger partial charge in [0.25, 0.3) is 0 Å². The number of hydrogen-bond acceptors (Lipinski definition) is 2. The van der Waals surface area contributed by atoms with Crippen LogP contribution in [-0.4, -0.2) is 18.7 Å². The molecule has 2 aromatic rings. The fourth-order valence-corrected chi connectivity index (χ4v) is 1.39. The van der Waals surface area contributed by atoms with Crippen molar-refractivity contribution in [1.82, 2.24) is 9.97 Å². The maximum atomic E-state index is 10.6. The van der Waals surface area contributed by atoms with Crippen molar-refractivity contribution >= 4 is 22.1 Å². The quantitative estimate of drug-likeness (QED) is 0.650. The van der Waals surface area contributed by atoms with Gasteiger partial charge in [0.1, 0.15) is 0 Å². The van der Waals surface area contributed by atoms with Crippen LogP contribution in [0.2, 0.25) is 0 Å². The largest absolute Gasteiger partial charge is 0.329 e. The van der Waals surface area contributed by atoms with Crippen LogP contribution in [-0.2, 0) is 11.1 Å². The van der Waals surface area contributed by atoms with Gasteiger partial charge in [-0.2, -0.15) is 0 Å². The van der Waals surface area contributed by atoms with E-state index in [9.17, 15) is 4.21 Å². The van der Waals surface area contributed by atoms with Gasteiger partial charge in [0.2, 0.25) is 16.2 Å². The highest BCUT2D eigenvalue weighted by Crippen LogP contribution is 2.11. The lowest BCUT2D eigenvalue weighted by molar-refractivity contribution is 0.557. The number of hydrogen-bond donors (Lipinski definition) is 2. The Balaban J connectivity index is 2.70. The number of fused-ring (bicyclic) bond motifs is 1. The van der Waals surface area contributed by atoms with Gasteiger partial charge in [0, 0.05) is 0 Å². The molecule has 0 aliphatic rings. The topological polar surface area (TPSA) is 66.0 Å². The molecule has 1 unspecified atom stereocenters. The molecule has 0 aliphatic heterocycles. The maximum Gasteiger partial charge on any atom is 0.225 e. The second-order valence-electron chi connectivity index (χ2n) is 2.31. The highest BCUT2D eigenvalue weighted by Gasteiger charge is 2.05. The Kier molecular flexibility index (Phi) is 1.67. The molecule has 0 bridgehead atoms. The highest BCUT2D eigenvalue weighted by molar-refractivity contribution is 7.79. The highest BCUT2D eigenvalue weighted by atomic mass is 32.2. The SMILES string of the molecule is O=S(O)c1nc2ccccc2[nH]1. The zero-order valence-electron chi connectivity index (χ0n) is 6.02. The molecular weight excluding hydrogens is 176 g/mol. The van der Waals surface area contributed by atoms with E-state index in [1.54, 1.807) is 12.1 Å². The zero-order chi connectivity index (χ0) is 8.55. The minimum Gasteiger partial charge on any atom is -0.329 e. The number of imidazole rings is 1. The molecule has 0 amide bonds. The summed E-state index contributed by atoms with van der Waals surface area (Å²) in [6, 6.07) is 7.25. The van der Waals surface area contributed by atoms with Gasteiger partial charge in [-0.25, -0.2) is 9.19 Å². The molecule has 1 aromatic carbocycles. The third-order valence-corrected chi connectivity index (χ3v) is 2.06. The van der Waals surface area contributed by atoms with E-state index < -0.39 is 11.1 Å². The number of rotatable bonds is 1. The molecule has 0 fully saturated rings. The van der Waals surface area contributed by atoms with E-state index in [1.807, 2.05) is 12.1 Å². The number of aromatic amines is 1. The molecule has 4 nitrogen and oxygen atoms in total. The van der Waals surface area contributed by atoms with Crippen LogP contribution in [0.4, 0.5) is 0 Å². The molecule has 0 saturated carbocycles. The maximum absolute atomic E-state index is 10.6. The summed E-state index contributed by atoms with van der Waals surface area (Å²) >= 11 is -2.03. The Bertz CT molecular complexity index is 405. The predicted molar refractivity (Wildman–Crippen MR) is 45.1 cm³/mol. The Hall–Kier alpha value is -1.20. The lowest BCUT2D eigenvalue weighted by Gasteiger charge is -1.82. The normalized spacial score (nSPS) is 13.4. The molecule has 62 valence electrons. The summed E-state index contributed by atoms with van der Waals surface area (Å²) in [5.41, 5.74) is 1.48. The summed E-state index contributed by atoms with van der Waals surface area (Å²) in [5.74, 6) is 0. The van der Waals surface area contributed by atoms with Crippen LogP contribution in [0.25, 0.3) is 11.0 Å². The molecule has 2 rings (SSSR count). The number of nitrogens with zero attached hydrogens (tertiary/aromatic N) is 1. The first-order chi connectivity index (χ1) is 5.77. The Morgan fingerprint density at radius 3 is 2.83 bits per heavy atom. The third-order valence-electron chi connectivity index (χ3n) is 1.53. The summed E-state index contributed by atoms with van der Waals surface area (Å²) in [6.07, 6.45) is 0. The van der Waals surface area contributed by atoms with Gasteiger partial charge >= 0.3 is 0 Å². The van der Waals surface area contributed by atoms with Gasteiger partial charge in [-0.1, -0.05) is 12.1 Å². The average molecular weight is 182 g/mol. The first kappa shape index (κ1) is 7.45. The second kappa shape index (κ2) is 2.69. The van der Waals surface area contributed by atoms with Gasteiger partial charge in [-0.15, -0.1) is 0 Å². The van der Waals surface area contributed by atoms with Crippen LogP contribution in [0, 0.1) is 0 Å². The molecule has 2 N–H and O–H groups in total. The minimum atomic E-state index is -2.03. The van der Waals surface area contributed by atoms with E-state index in [1.165, 1.54) is 0 Å². The molecule has 1 heterocycles. The molecule has 12 heavy (non-hydrogen) atoms. The predicted octanol–water partition coefficient (Wildman–Crippen LogP) is 1.14. The van der Waals surface area contributed by atoms with Crippen molar-refractivity contribution in [1.29, 1.82) is 0 Å². The summed E-state index contributed by atoms with van der Waals surface area (Å²) in [7, 11) is 0. The van der Waals surface area contributed by atoms with E-state index >= 15 is 0 Å². The average Bonchev–Trinajstić information content (AvgIpc) is 2.46. The summed E-state index contributed by atoms with van der Waals surface area (Å²) < 4.78 is 19.3. The van der Waals surface area contributed by atoms with Crippen LogP contribution < -0.4 is 0 Å². The Morgan fingerprint density at radius 2 is 2.17 bits per heavy atom. The second-order valence-corrected chi connectivity index (χ2v) is 3.19. The smallest absolute Gasteiger partial charge is 0.225 e. The van der Waals surface area contributed by atoms with Crippen molar-refractivity contribution < 1.29 is 8.76 Å². The van der Waals surface area contributed by atoms with Crippen LogP contribution in [0.1, 0.15) is 0 Å². The monoisotopic (exact) mass is 182 g/mol. The molecular formula is C7H6N2O2S. The van der Waals surface area contributed by atoms with Crippen molar-refractivity contribution in [2.24, 2.45) is 0 Å². The van der Waals surface area contributed by atoms with E-state index in [0.717, 1.165) is 5.52 Å². The standard InChI is InChI=1S/C7H6N2O2S/c10-12(11)7-8-5-3-1-2-4-6(5)9-7/h1-4H,(H,8,9)(H,10,11). The van der Waals surface area contributed by atoms with Crippen molar-refractivity contribution in [3.05, 3.63) is 24.3 Å².